The predicted molar refractivity (Wildman–Crippen MR) is 128 cm³/mol. The SMILES string of the molecule is CN(C)C=C1CC(O[Si](c2ccccc2)(c2ccccc2)C(C)(C)C)C(C)(C)C1=O. The number of hydrogen-bond donors (Lipinski definition) is 0. The van der Waals surface area contributed by atoms with Crippen molar-refractivity contribution in [3.8, 4) is 0 Å². The quantitative estimate of drug-likeness (QED) is 0.530. The minimum Gasteiger partial charge on any atom is -0.403 e. The summed E-state index contributed by atoms with van der Waals surface area (Å²) in [5, 5.41) is 2.39. The minimum atomic E-state index is -2.70. The third kappa shape index (κ3) is 3.91. The van der Waals surface area contributed by atoms with Crippen LogP contribution in [0.3, 0.4) is 0 Å². The van der Waals surface area contributed by atoms with E-state index in [2.05, 4.69) is 81.4 Å². The van der Waals surface area contributed by atoms with Crippen LogP contribution in [0.25, 0.3) is 0 Å². The van der Waals surface area contributed by atoms with Crippen LogP contribution in [0.2, 0.25) is 5.04 Å². The Hall–Kier alpha value is -2.17. The largest absolute Gasteiger partial charge is 0.403 e. The molecule has 0 spiro atoms. The van der Waals surface area contributed by atoms with Gasteiger partial charge in [-0.25, -0.2) is 0 Å². The number of carbonyl (C=O) groups excluding carboxylic acids is 1. The van der Waals surface area contributed by atoms with Crippen LogP contribution in [0, 0.1) is 5.41 Å². The van der Waals surface area contributed by atoms with Crippen molar-refractivity contribution in [3.05, 3.63) is 72.4 Å². The fourth-order valence-electron chi connectivity index (χ4n) is 4.62. The lowest BCUT2D eigenvalue weighted by molar-refractivity contribution is -0.124. The molecule has 0 radical (unpaired) electrons. The maximum absolute atomic E-state index is 13.2. The van der Waals surface area contributed by atoms with Crippen LogP contribution in [0.4, 0.5) is 0 Å². The van der Waals surface area contributed by atoms with Gasteiger partial charge in [0, 0.05) is 32.3 Å². The van der Waals surface area contributed by atoms with E-state index in [1.165, 1.54) is 10.4 Å². The molecule has 160 valence electrons. The summed E-state index contributed by atoms with van der Waals surface area (Å²) < 4.78 is 7.29. The van der Waals surface area contributed by atoms with Gasteiger partial charge in [-0.15, -0.1) is 0 Å². The molecule has 1 unspecified atom stereocenters. The molecule has 2 aromatic carbocycles. The molecule has 1 aliphatic carbocycles. The average molecular weight is 422 g/mol. The smallest absolute Gasteiger partial charge is 0.261 e. The monoisotopic (exact) mass is 421 g/mol. The van der Waals surface area contributed by atoms with Crippen molar-refractivity contribution in [1.82, 2.24) is 4.90 Å². The number of benzene rings is 2. The zero-order chi connectivity index (χ0) is 22.2. The molecule has 4 heteroatoms. The van der Waals surface area contributed by atoms with Crippen molar-refractivity contribution < 1.29 is 9.22 Å². The number of Topliss-reactive ketones (excluding diaryl/α,β-unsaturated/α-hetero) is 1. The normalized spacial score (nSPS) is 20.6. The molecule has 0 bridgehead atoms. The highest BCUT2D eigenvalue weighted by molar-refractivity contribution is 6.99. The number of carbonyl (C=O) groups is 1. The van der Waals surface area contributed by atoms with Crippen LogP contribution in [-0.4, -0.2) is 39.2 Å². The first-order chi connectivity index (χ1) is 14.0. The molecule has 0 heterocycles. The van der Waals surface area contributed by atoms with Gasteiger partial charge in [0.25, 0.3) is 8.32 Å². The van der Waals surface area contributed by atoms with Crippen molar-refractivity contribution in [2.75, 3.05) is 14.1 Å². The van der Waals surface area contributed by atoms with Crippen LogP contribution in [0.5, 0.6) is 0 Å². The fraction of sp³-hybridized carbons (Fsp3) is 0.423. The van der Waals surface area contributed by atoms with Crippen LogP contribution in [0.1, 0.15) is 41.0 Å². The van der Waals surface area contributed by atoms with Gasteiger partial charge in [0.05, 0.1) is 11.5 Å². The Kier molecular flexibility index (Phi) is 6.12. The third-order valence-corrected chi connectivity index (χ3v) is 11.3. The van der Waals surface area contributed by atoms with Gasteiger partial charge in [-0.3, -0.25) is 4.79 Å². The highest BCUT2D eigenvalue weighted by Crippen LogP contribution is 2.45. The Labute approximate surface area is 182 Å². The van der Waals surface area contributed by atoms with E-state index < -0.39 is 13.7 Å². The van der Waals surface area contributed by atoms with Gasteiger partial charge in [0.1, 0.15) is 0 Å². The van der Waals surface area contributed by atoms with Gasteiger partial charge in [0.15, 0.2) is 5.78 Å². The summed E-state index contributed by atoms with van der Waals surface area (Å²) in [7, 11) is 1.23. The summed E-state index contributed by atoms with van der Waals surface area (Å²) in [6.45, 7) is 10.9. The molecular weight excluding hydrogens is 386 g/mol. The van der Waals surface area contributed by atoms with E-state index in [-0.39, 0.29) is 16.9 Å². The lowest BCUT2D eigenvalue weighted by atomic mass is 9.88. The first-order valence-electron chi connectivity index (χ1n) is 10.7. The highest BCUT2D eigenvalue weighted by Gasteiger charge is 2.56. The molecule has 0 amide bonds. The zero-order valence-electron chi connectivity index (χ0n) is 19.4. The second kappa shape index (κ2) is 8.16. The third-order valence-electron chi connectivity index (χ3n) is 6.24. The standard InChI is InChI=1S/C26H35NO2Si/c1-25(2,3)30(21-14-10-8-11-15-21,22-16-12-9-13-17-22)29-23-18-20(19-27(6)7)24(28)26(23,4)5/h8-17,19,23H,18H2,1-7H3. The topological polar surface area (TPSA) is 29.5 Å². The lowest BCUT2D eigenvalue weighted by Gasteiger charge is -2.46. The fourth-order valence-corrected chi connectivity index (χ4v) is 9.44. The maximum atomic E-state index is 13.2. The van der Waals surface area contributed by atoms with Gasteiger partial charge in [-0.2, -0.15) is 0 Å². The predicted octanol–water partition coefficient (Wildman–Crippen LogP) is 4.38. The van der Waals surface area contributed by atoms with Crippen molar-refractivity contribution >= 4 is 24.5 Å². The molecule has 0 N–H and O–H groups in total. The minimum absolute atomic E-state index is 0.108. The Bertz CT molecular complexity index is 872. The van der Waals surface area contributed by atoms with E-state index in [9.17, 15) is 4.79 Å². The van der Waals surface area contributed by atoms with Crippen LogP contribution >= 0.6 is 0 Å². The molecule has 30 heavy (non-hydrogen) atoms. The van der Waals surface area contributed by atoms with Crippen LogP contribution < -0.4 is 10.4 Å². The summed E-state index contributed by atoms with van der Waals surface area (Å²) in [5.41, 5.74) is 0.294. The Morgan fingerprint density at radius 3 is 1.83 bits per heavy atom. The lowest BCUT2D eigenvalue weighted by Crippen LogP contribution is -2.68. The first kappa shape index (κ1) is 22.5. The number of rotatable bonds is 5. The Balaban J connectivity index is 2.18. The Morgan fingerprint density at radius 1 is 0.967 bits per heavy atom. The molecule has 1 atom stereocenters. The molecule has 1 fully saturated rings. The van der Waals surface area contributed by atoms with Gasteiger partial charge < -0.3 is 9.33 Å². The first-order valence-corrected chi connectivity index (χ1v) is 12.6. The van der Waals surface area contributed by atoms with E-state index in [4.69, 9.17) is 4.43 Å². The Morgan fingerprint density at radius 2 is 1.43 bits per heavy atom. The number of hydrogen-bond acceptors (Lipinski definition) is 3. The molecule has 0 saturated heterocycles. The number of ketones is 1. The van der Waals surface area contributed by atoms with E-state index in [1.807, 2.05) is 39.0 Å². The molecule has 3 nitrogen and oxygen atoms in total. The molecule has 0 aliphatic heterocycles. The van der Waals surface area contributed by atoms with Crippen molar-refractivity contribution in [3.63, 3.8) is 0 Å². The van der Waals surface area contributed by atoms with Gasteiger partial charge in [-0.1, -0.05) is 95.3 Å². The summed E-state index contributed by atoms with van der Waals surface area (Å²) in [6, 6.07) is 21.3. The molecule has 2 aromatic rings. The molecule has 1 aliphatic rings. The number of nitrogens with zero attached hydrogens (tertiary/aromatic N) is 1. The van der Waals surface area contributed by atoms with Crippen molar-refractivity contribution in [2.45, 2.75) is 52.2 Å². The van der Waals surface area contributed by atoms with Gasteiger partial charge >= 0.3 is 0 Å². The second-order valence-electron chi connectivity index (χ2n) is 10.1. The van der Waals surface area contributed by atoms with Gasteiger partial charge in [0.2, 0.25) is 0 Å². The molecule has 0 aromatic heterocycles. The highest BCUT2D eigenvalue weighted by atomic mass is 28.4. The summed E-state index contributed by atoms with van der Waals surface area (Å²) in [4.78, 5) is 15.2. The van der Waals surface area contributed by atoms with Gasteiger partial charge in [-0.05, 0) is 15.4 Å². The summed E-state index contributed by atoms with van der Waals surface area (Å²) in [6.07, 6.45) is 2.44. The zero-order valence-corrected chi connectivity index (χ0v) is 20.4. The molecule has 3 rings (SSSR count). The van der Waals surface area contributed by atoms with Crippen LogP contribution in [0.15, 0.2) is 72.4 Å². The van der Waals surface area contributed by atoms with E-state index in [0.29, 0.717) is 6.42 Å². The molecule has 1 saturated carbocycles. The summed E-state index contributed by atoms with van der Waals surface area (Å²) >= 11 is 0. The van der Waals surface area contributed by atoms with E-state index in [1.54, 1.807) is 0 Å². The van der Waals surface area contributed by atoms with Crippen molar-refractivity contribution in [2.24, 2.45) is 5.41 Å². The van der Waals surface area contributed by atoms with E-state index in [0.717, 1.165) is 5.57 Å². The van der Waals surface area contributed by atoms with Crippen LogP contribution in [-0.2, 0) is 9.22 Å². The van der Waals surface area contributed by atoms with Crippen molar-refractivity contribution in [1.29, 1.82) is 0 Å². The maximum Gasteiger partial charge on any atom is 0.261 e. The second-order valence-corrected chi connectivity index (χ2v) is 14.4. The average Bonchev–Trinajstić information content (AvgIpc) is 2.89. The molecular formula is C26H35NO2Si. The van der Waals surface area contributed by atoms with E-state index >= 15 is 0 Å². The summed E-state index contributed by atoms with van der Waals surface area (Å²) in [5.74, 6) is 0.194.